The Kier molecular flexibility index (Phi) is 4.38. The Bertz CT molecular complexity index is 433. The van der Waals surface area contributed by atoms with E-state index in [9.17, 15) is 14.9 Å². The maximum absolute atomic E-state index is 11.3. The molecule has 1 aromatic heterocycles. The van der Waals surface area contributed by atoms with E-state index in [0.717, 1.165) is 0 Å². The maximum Gasteiger partial charge on any atom is 0.312 e. The lowest BCUT2D eigenvalue weighted by atomic mass is 10.2. The summed E-state index contributed by atoms with van der Waals surface area (Å²) in [6.07, 6.45) is -0.249. The van der Waals surface area contributed by atoms with Crippen LogP contribution in [-0.2, 0) is 16.0 Å². The van der Waals surface area contributed by atoms with Crippen molar-refractivity contribution in [2.45, 2.75) is 13.3 Å². The van der Waals surface area contributed by atoms with E-state index >= 15 is 0 Å². The average molecular weight is 240 g/mol. The minimum Gasteiger partial charge on any atom is -0.481 e. The summed E-state index contributed by atoms with van der Waals surface area (Å²) in [5.41, 5.74) is -0.188. The summed E-state index contributed by atoms with van der Waals surface area (Å²) < 4.78 is 9.56. The van der Waals surface area contributed by atoms with E-state index in [4.69, 9.17) is 9.47 Å². The molecule has 0 amide bonds. The molecule has 0 aliphatic heterocycles. The maximum atomic E-state index is 11.3. The number of esters is 1. The number of aromatic nitrogens is 1. The lowest BCUT2D eigenvalue weighted by molar-refractivity contribution is -0.385. The summed E-state index contributed by atoms with van der Waals surface area (Å²) in [4.78, 5) is 25.3. The van der Waals surface area contributed by atoms with Crippen molar-refractivity contribution in [2.24, 2.45) is 0 Å². The fourth-order valence-corrected chi connectivity index (χ4v) is 1.23. The number of rotatable bonds is 5. The van der Waals surface area contributed by atoms with E-state index in [-0.39, 0.29) is 30.3 Å². The first-order valence-electron chi connectivity index (χ1n) is 4.92. The third-order valence-corrected chi connectivity index (χ3v) is 1.95. The molecule has 17 heavy (non-hydrogen) atoms. The quantitative estimate of drug-likeness (QED) is 0.435. The lowest BCUT2D eigenvalue weighted by Gasteiger charge is -2.04. The van der Waals surface area contributed by atoms with Crippen LogP contribution in [-0.4, -0.2) is 29.6 Å². The van der Waals surface area contributed by atoms with E-state index in [1.54, 1.807) is 6.92 Å². The number of ether oxygens (including phenoxy) is 2. The molecule has 1 heterocycles. The molecule has 1 rings (SSSR count). The molecule has 0 unspecified atom stereocenters. The smallest absolute Gasteiger partial charge is 0.312 e. The minimum atomic E-state index is -0.596. The van der Waals surface area contributed by atoms with Gasteiger partial charge in [0.15, 0.2) is 0 Å². The summed E-state index contributed by atoms with van der Waals surface area (Å²) >= 11 is 0. The second-order valence-electron chi connectivity index (χ2n) is 3.06. The van der Waals surface area contributed by atoms with Crippen LogP contribution < -0.4 is 4.74 Å². The number of carbonyl (C=O) groups is 1. The molecule has 0 saturated heterocycles. The third-order valence-electron chi connectivity index (χ3n) is 1.95. The van der Waals surface area contributed by atoms with Crippen LogP contribution in [0.5, 0.6) is 5.88 Å². The molecule has 0 fully saturated rings. The summed E-state index contributed by atoms with van der Waals surface area (Å²) in [7, 11) is 1.39. The normalized spacial score (nSPS) is 9.76. The van der Waals surface area contributed by atoms with Gasteiger partial charge in [0.25, 0.3) is 5.69 Å². The van der Waals surface area contributed by atoms with E-state index in [1.807, 2.05) is 0 Å². The van der Waals surface area contributed by atoms with E-state index in [1.165, 1.54) is 19.2 Å². The van der Waals surface area contributed by atoms with E-state index in [2.05, 4.69) is 4.98 Å². The molecule has 0 spiro atoms. The van der Waals surface area contributed by atoms with Crippen molar-refractivity contribution in [1.29, 1.82) is 0 Å². The first-order valence-corrected chi connectivity index (χ1v) is 4.92. The van der Waals surface area contributed by atoms with Crippen LogP contribution in [0.1, 0.15) is 12.6 Å². The van der Waals surface area contributed by atoms with Gasteiger partial charge in [0.05, 0.1) is 25.1 Å². The highest BCUT2D eigenvalue weighted by Gasteiger charge is 2.19. The van der Waals surface area contributed by atoms with Crippen LogP contribution in [0.2, 0.25) is 0 Å². The Balaban J connectivity index is 3.00. The highest BCUT2D eigenvalue weighted by atomic mass is 16.6. The number of nitro groups is 1. The van der Waals surface area contributed by atoms with Crippen LogP contribution >= 0.6 is 0 Å². The largest absolute Gasteiger partial charge is 0.481 e. The van der Waals surface area contributed by atoms with Crippen molar-refractivity contribution in [1.82, 2.24) is 4.98 Å². The first kappa shape index (κ1) is 12.9. The Morgan fingerprint density at radius 2 is 2.24 bits per heavy atom. The van der Waals surface area contributed by atoms with Crippen molar-refractivity contribution >= 4 is 11.7 Å². The minimum absolute atomic E-state index is 0.0350. The Morgan fingerprint density at radius 3 is 2.76 bits per heavy atom. The van der Waals surface area contributed by atoms with Gasteiger partial charge < -0.3 is 9.47 Å². The highest BCUT2D eigenvalue weighted by molar-refractivity contribution is 5.73. The van der Waals surface area contributed by atoms with Crippen LogP contribution in [0.4, 0.5) is 5.69 Å². The predicted octanol–water partition coefficient (Wildman–Crippen LogP) is 1.10. The number of nitrogens with zero attached hydrogens (tertiary/aromatic N) is 2. The number of methoxy groups -OCH3 is 1. The predicted molar refractivity (Wildman–Crippen MR) is 57.8 cm³/mol. The fourth-order valence-electron chi connectivity index (χ4n) is 1.23. The summed E-state index contributed by atoms with van der Waals surface area (Å²) in [5.74, 6) is -0.341. The van der Waals surface area contributed by atoms with Gasteiger partial charge in [-0.3, -0.25) is 14.9 Å². The van der Waals surface area contributed by atoms with Crippen molar-refractivity contribution in [3.8, 4) is 5.88 Å². The zero-order valence-corrected chi connectivity index (χ0v) is 9.50. The molecule has 7 heteroatoms. The second-order valence-corrected chi connectivity index (χ2v) is 3.06. The molecule has 0 radical (unpaired) electrons. The molecular weight excluding hydrogens is 228 g/mol. The van der Waals surface area contributed by atoms with Crippen molar-refractivity contribution in [3.05, 3.63) is 27.9 Å². The number of carbonyl (C=O) groups excluding carboxylic acids is 1. The van der Waals surface area contributed by atoms with E-state index < -0.39 is 10.9 Å². The molecule has 0 aliphatic rings. The Morgan fingerprint density at radius 1 is 1.53 bits per heavy atom. The standard InChI is InChI=1S/C10H12N2O5/c1-3-17-10(13)6-7-8(12(14)15)4-5-9(11-7)16-2/h4-5H,3,6H2,1-2H3. The van der Waals surface area contributed by atoms with Gasteiger partial charge in [0, 0.05) is 12.1 Å². The molecular formula is C10H12N2O5. The Hall–Kier alpha value is -2.18. The zero-order chi connectivity index (χ0) is 12.8. The molecule has 1 aromatic rings. The van der Waals surface area contributed by atoms with Crippen LogP contribution in [0, 0.1) is 10.1 Å². The van der Waals surface area contributed by atoms with Crippen molar-refractivity contribution in [2.75, 3.05) is 13.7 Å². The average Bonchev–Trinajstić information content (AvgIpc) is 2.28. The van der Waals surface area contributed by atoms with Gasteiger partial charge in [0.1, 0.15) is 5.69 Å². The molecule has 0 aliphatic carbocycles. The van der Waals surface area contributed by atoms with Gasteiger partial charge in [0.2, 0.25) is 5.88 Å². The molecule has 0 N–H and O–H groups in total. The first-order chi connectivity index (χ1) is 8.08. The van der Waals surface area contributed by atoms with Crippen molar-refractivity contribution in [3.63, 3.8) is 0 Å². The lowest BCUT2D eigenvalue weighted by Crippen LogP contribution is -2.11. The molecule has 0 bridgehead atoms. The fraction of sp³-hybridized carbons (Fsp3) is 0.400. The van der Waals surface area contributed by atoms with Crippen LogP contribution in [0.3, 0.4) is 0 Å². The molecule has 7 nitrogen and oxygen atoms in total. The third kappa shape index (κ3) is 3.40. The second kappa shape index (κ2) is 5.78. The van der Waals surface area contributed by atoms with E-state index in [0.29, 0.717) is 0 Å². The summed E-state index contributed by atoms with van der Waals surface area (Å²) in [6, 6.07) is 2.62. The molecule has 0 atom stereocenters. The SMILES string of the molecule is CCOC(=O)Cc1nc(OC)ccc1[N+](=O)[O-]. The van der Waals surface area contributed by atoms with Gasteiger partial charge in [-0.1, -0.05) is 0 Å². The van der Waals surface area contributed by atoms with Gasteiger partial charge in [-0.05, 0) is 6.92 Å². The number of hydrogen-bond acceptors (Lipinski definition) is 6. The Labute approximate surface area is 97.5 Å². The van der Waals surface area contributed by atoms with Crippen LogP contribution in [0.25, 0.3) is 0 Å². The van der Waals surface area contributed by atoms with Gasteiger partial charge in [-0.15, -0.1) is 0 Å². The molecule has 0 aromatic carbocycles. The van der Waals surface area contributed by atoms with Gasteiger partial charge in [-0.25, -0.2) is 4.98 Å². The van der Waals surface area contributed by atoms with Crippen LogP contribution in [0.15, 0.2) is 12.1 Å². The zero-order valence-electron chi connectivity index (χ0n) is 9.50. The number of pyridine rings is 1. The summed E-state index contributed by atoms with van der Waals surface area (Å²) in [6.45, 7) is 1.88. The van der Waals surface area contributed by atoms with Gasteiger partial charge >= 0.3 is 5.97 Å². The molecule has 0 saturated carbocycles. The highest BCUT2D eigenvalue weighted by Crippen LogP contribution is 2.20. The summed E-state index contributed by atoms with van der Waals surface area (Å²) in [5, 5.41) is 10.7. The monoisotopic (exact) mass is 240 g/mol. The number of hydrogen-bond donors (Lipinski definition) is 0. The topological polar surface area (TPSA) is 91.6 Å². The van der Waals surface area contributed by atoms with Crippen molar-refractivity contribution < 1.29 is 19.2 Å². The molecule has 92 valence electrons. The van der Waals surface area contributed by atoms with Gasteiger partial charge in [-0.2, -0.15) is 0 Å².